The van der Waals surface area contributed by atoms with E-state index in [9.17, 15) is 8.42 Å². The van der Waals surface area contributed by atoms with Gasteiger partial charge in [0.2, 0.25) is 10.0 Å². The Hall–Kier alpha value is -0.890. The molecule has 0 bridgehead atoms. The van der Waals surface area contributed by atoms with Crippen molar-refractivity contribution in [2.75, 3.05) is 6.54 Å². The lowest BCUT2D eigenvalue weighted by Gasteiger charge is -2.26. The molecular weight excluding hydrogens is 318 g/mol. The summed E-state index contributed by atoms with van der Waals surface area (Å²) in [6.07, 6.45) is 3.58. The number of aryl methyl sites for hydroxylation is 1. The van der Waals surface area contributed by atoms with E-state index >= 15 is 0 Å². The monoisotopic (exact) mass is 331 g/mol. The zero-order chi connectivity index (χ0) is 14.3. The van der Waals surface area contributed by atoms with E-state index in [1.54, 1.807) is 12.3 Å². The highest BCUT2D eigenvalue weighted by Crippen LogP contribution is 2.30. The standard InChI is InChI=1S/C12H14ClN3O2S2/c1-9-11(6-10(7-13)19-9)20(17,18)16-5-4-15-3-2-14-12(15)8-16/h2-3,6H,4-5,7-8H2,1H3. The topological polar surface area (TPSA) is 55.2 Å². The smallest absolute Gasteiger partial charge is 0.244 e. The van der Waals surface area contributed by atoms with Crippen LogP contribution in [0, 0.1) is 6.92 Å². The van der Waals surface area contributed by atoms with E-state index in [0.717, 1.165) is 15.6 Å². The molecular formula is C12H14ClN3O2S2. The fraction of sp³-hybridized carbons (Fsp3) is 0.417. The number of rotatable bonds is 3. The van der Waals surface area contributed by atoms with Crippen molar-refractivity contribution in [2.45, 2.75) is 30.8 Å². The van der Waals surface area contributed by atoms with Gasteiger partial charge in [0, 0.05) is 35.2 Å². The summed E-state index contributed by atoms with van der Waals surface area (Å²) in [6.45, 7) is 3.25. The molecule has 3 rings (SSSR count). The molecule has 8 heteroatoms. The Labute approximate surface area is 126 Å². The van der Waals surface area contributed by atoms with Crippen molar-refractivity contribution in [3.05, 3.63) is 34.0 Å². The number of aromatic nitrogens is 2. The molecule has 0 unspecified atom stereocenters. The normalized spacial score (nSPS) is 16.3. The highest BCUT2D eigenvalue weighted by molar-refractivity contribution is 7.89. The van der Waals surface area contributed by atoms with E-state index < -0.39 is 10.0 Å². The lowest BCUT2D eigenvalue weighted by Crippen LogP contribution is -2.38. The molecule has 20 heavy (non-hydrogen) atoms. The highest BCUT2D eigenvalue weighted by Gasteiger charge is 2.31. The second-order valence-corrected chi connectivity index (χ2v) is 8.16. The molecule has 2 aromatic rings. The number of hydrogen-bond donors (Lipinski definition) is 0. The third kappa shape index (κ3) is 2.28. The van der Waals surface area contributed by atoms with Crippen molar-refractivity contribution in [3.63, 3.8) is 0 Å². The van der Waals surface area contributed by atoms with Crippen molar-refractivity contribution in [1.29, 1.82) is 0 Å². The number of hydrogen-bond acceptors (Lipinski definition) is 4. The summed E-state index contributed by atoms with van der Waals surface area (Å²) < 4.78 is 28.9. The van der Waals surface area contributed by atoms with Crippen LogP contribution in [0.4, 0.5) is 0 Å². The third-order valence-corrected chi connectivity index (χ3v) is 6.98. The molecule has 0 aromatic carbocycles. The predicted octanol–water partition coefficient (Wildman–Crippen LogP) is 2.20. The maximum atomic E-state index is 12.7. The van der Waals surface area contributed by atoms with Gasteiger partial charge in [0.1, 0.15) is 5.82 Å². The minimum Gasteiger partial charge on any atom is -0.333 e. The van der Waals surface area contributed by atoms with Crippen molar-refractivity contribution in [1.82, 2.24) is 13.9 Å². The van der Waals surface area contributed by atoms with Crippen LogP contribution in [-0.4, -0.2) is 28.8 Å². The summed E-state index contributed by atoms with van der Waals surface area (Å²) in [7, 11) is -3.47. The molecule has 0 fully saturated rings. The van der Waals surface area contributed by atoms with Gasteiger partial charge in [0.25, 0.3) is 0 Å². The number of imidazole rings is 1. The largest absolute Gasteiger partial charge is 0.333 e. The first kappa shape index (κ1) is 14.1. The molecule has 0 saturated carbocycles. The van der Waals surface area contributed by atoms with Crippen LogP contribution < -0.4 is 0 Å². The van der Waals surface area contributed by atoms with Gasteiger partial charge in [-0.1, -0.05) is 0 Å². The van der Waals surface area contributed by atoms with E-state index in [-0.39, 0.29) is 0 Å². The van der Waals surface area contributed by atoms with E-state index in [2.05, 4.69) is 4.98 Å². The van der Waals surface area contributed by atoms with Gasteiger partial charge in [-0.25, -0.2) is 13.4 Å². The molecule has 0 saturated heterocycles. The summed E-state index contributed by atoms with van der Waals surface area (Å²) in [6, 6.07) is 1.68. The van der Waals surface area contributed by atoms with Crippen LogP contribution in [0.2, 0.25) is 0 Å². The second kappa shape index (κ2) is 5.14. The van der Waals surface area contributed by atoms with Gasteiger partial charge in [0.15, 0.2) is 0 Å². The number of fused-ring (bicyclic) bond motifs is 1. The SMILES string of the molecule is Cc1sc(CCl)cc1S(=O)(=O)N1CCn2ccnc2C1. The Morgan fingerprint density at radius 3 is 2.95 bits per heavy atom. The van der Waals surface area contributed by atoms with Gasteiger partial charge >= 0.3 is 0 Å². The van der Waals surface area contributed by atoms with Crippen molar-refractivity contribution in [2.24, 2.45) is 0 Å². The van der Waals surface area contributed by atoms with Crippen LogP contribution in [0.1, 0.15) is 15.6 Å². The highest BCUT2D eigenvalue weighted by atomic mass is 35.5. The second-order valence-electron chi connectivity index (χ2n) is 4.64. The Morgan fingerprint density at radius 2 is 2.25 bits per heavy atom. The van der Waals surface area contributed by atoms with Gasteiger partial charge in [-0.15, -0.1) is 22.9 Å². The minimum atomic E-state index is -3.47. The Kier molecular flexibility index (Phi) is 3.62. The summed E-state index contributed by atoms with van der Waals surface area (Å²) in [5, 5.41) is 0. The molecule has 0 spiro atoms. The summed E-state index contributed by atoms with van der Waals surface area (Å²) in [5.41, 5.74) is 0. The number of alkyl halides is 1. The van der Waals surface area contributed by atoms with Crippen LogP contribution in [0.3, 0.4) is 0 Å². The number of thiophene rings is 1. The lowest BCUT2D eigenvalue weighted by atomic mass is 10.4. The first-order valence-electron chi connectivity index (χ1n) is 6.18. The fourth-order valence-corrected chi connectivity index (χ4v) is 5.42. The summed E-state index contributed by atoms with van der Waals surface area (Å²) in [4.78, 5) is 6.23. The zero-order valence-electron chi connectivity index (χ0n) is 10.9. The van der Waals surface area contributed by atoms with Crippen molar-refractivity contribution < 1.29 is 8.42 Å². The van der Waals surface area contributed by atoms with Gasteiger partial charge < -0.3 is 4.57 Å². The Morgan fingerprint density at radius 1 is 1.45 bits per heavy atom. The maximum Gasteiger partial charge on any atom is 0.244 e. The summed E-state index contributed by atoms with van der Waals surface area (Å²) in [5.74, 6) is 1.12. The van der Waals surface area contributed by atoms with Gasteiger partial charge in [-0.2, -0.15) is 4.31 Å². The third-order valence-electron chi connectivity index (χ3n) is 3.38. The molecule has 0 amide bonds. The maximum absolute atomic E-state index is 12.7. The van der Waals surface area contributed by atoms with E-state index in [4.69, 9.17) is 11.6 Å². The number of nitrogens with zero attached hydrogens (tertiary/aromatic N) is 3. The lowest BCUT2D eigenvalue weighted by molar-refractivity contribution is 0.335. The van der Waals surface area contributed by atoms with Crippen LogP contribution in [0.15, 0.2) is 23.4 Å². The van der Waals surface area contributed by atoms with E-state index in [0.29, 0.717) is 30.4 Å². The minimum absolute atomic E-state index is 0.320. The van der Waals surface area contributed by atoms with Gasteiger partial charge in [-0.3, -0.25) is 0 Å². The molecule has 3 heterocycles. The fourth-order valence-electron chi connectivity index (χ4n) is 2.34. The average Bonchev–Trinajstić information content (AvgIpc) is 3.03. The van der Waals surface area contributed by atoms with Gasteiger partial charge in [0.05, 0.1) is 17.3 Å². The first-order chi connectivity index (χ1) is 9.52. The molecule has 1 aliphatic heterocycles. The predicted molar refractivity (Wildman–Crippen MR) is 78.4 cm³/mol. The molecule has 0 radical (unpaired) electrons. The van der Waals surface area contributed by atoms with Crippen molar-refractivity contribution >= 4 is 33.0 Å². The number of halogens is 1. The van der Waals surface area contributed by atoms with Crippen LogP contribution in [-0.2, 0) is 29.0 Å². The van der Waals surface area contributed by atoms with E-state index in [1.165, 1.54) is 15.6 Å². The van der Waals surface area contributed by atoms with Gasteiger partial charge in [-0.05, 0) is 13.0 Å². The molecule has 0 N–H and O–H groups in total. The van der Waals surface area contributed by atoms with Crippen LogP contribution >= 0.6 is 22.9 Å². The average molecular weight is 332 g/mol. The molecule has 0 atom stereocenters. The Bertz CT molecular complexity index is 736. The van der Waals surface area contributed by atoms with Crippen LogP contribution in [0.5, 0.6) is 0 Å². The molecule has 5 nitrogen and oxygen atoms in total. The van der Waals surface area contributed by atoms with E-state index in [1.807, 2.05) is 17.7 Å². The number of sulfonamides is 1. The zero-order valence-corrected chi connectivity index (χ0v) is 13.3. The molecule has 1 aliphatic rings. The molecule has 0 aliphatic carbocycles. The quantitative estimate of drug-likeness (QED) is 0.810. The first-order valence-corrected chi connectivity index (χ1v) is 8.97. The van der Waals surface area contributed by atoms with Crippen molar-refractivity contribution in [3.8, 4) is 0 Å². The summed E-state index contributed by atoms with van der Waals surface area (Å²) >= 11 is 7.22. The van der Waals surface area contributed by atoms with Crippen LogP contribution in [0.25, 0.3) is 0 Å². The Balaban J connectivity index is 1.95. The molecule has 2 aromatic heterocycles. The molecule has 108 valence electrons.